The lowest BCUT2D eigenvalue weighted by atomic mass is 9.90. The molecule has 0 spiro atoms. The van der Waals surface area contributed by atoms with Gasteiger partial charge in [-0.05, 0) is 25.8 Å². The number of hydrogen-bond acceptors (Lipinski definition) is 5. The number of hydrogen-bond donors (Lipinski definition) is 0. The van der Waals surface area contributed by atoms with Crippen molar-refractivity contribution in [3.8, 4) is 0 Å². The van der Waals surface area contributed by atoms with Crippen molar-refractivity contribution < 1.29 is 19.0 Å². The largest absolute Gasteiger partial charge is 0.465 e. The van der Waals surface area contributed by atoms with Crippen molar-refractivity contribution in [3.63, 3.8) is 0 Å². The first kappa shape index (κ1) is 14.5. The molecule has 1 aromatic carbocycles. The van der Waals surface area contributed by atoms with Crippen molar-refractivity contribution >= 4 is 5.97 Å². The van der Waals surface area contributed by atoms with Crippen molar-refractivity contribution in [2.75, 3.05) is 6.61 Å². The zero-order valence-corrected chi connectivity index (χ0v) is 12.4. The van der Waals surface area contributed by atoms with E-state index in [-0.39, 0.29) is 30.6 Å². The lowest BCUT2D eigenvalue weighted by Crippen LogP contribution is -2.67. The Labute approximate surface area is 124 Å². The summed E-state index contributed by atoms with van der Waals surface area (Å²) in [5.41, 5.74) is 1.17. The third-order valence-corrected chi connectivity index (χ3v) is 4.02. The van der Waals surface area contributed by atoms with Gasteiger partial charge in [-0.2, -0.15) is 0 Å². The first-order chi connectivity index (χ1) is 10.2. The second-order valence-corrected chi connectivity index (χ2v) is 5.44. The molecule has 2 heterocycles. The maximum absolute atomic E-state index is 12.0. The summed E-state index contributed by atoms with van der Waals surface area (Å²) in [6, 6.07) is 10.0. The molecule has 114 valence electrons. The van der Waals surface area contributed by atoms with Crippen molar-refractivity contribution in [2.24, 2.45) is 0 Å². The summed E-state index contributed by atoms with van der Waals surface area (Å²) in [5.74, 6) is -0.156. The first-order valence-corrected chi connectivity index (χ1v) is 7.46. The number of benzene rings is 1. The minimum atomic E-state index is -0.227. The van der Waals surface area contributed by atoms with Crippen molar-refractivity contribution in [2.45, 2.75) is 51.5 Å². The van der Waals surface area contributed by atoms with Crippen LogP contribution in [-0.4, -0.2) is 42.1 Å². The van der Waals surface area contributed by atoms with Crippen LogP contribution in [0.15, 0.2) is 30.3 Å². The second kappa shape index (κ2) is 6.13. The summed E-state index contributed by atoms with van der Waals surface area (Å²) >= 11 is 0. The highest BCUT2D eigenvalue weighted by Gasteiger charge is 2.51. The molecule has 0 saturated carbocycles. The summed E-state index contributed by atoms with van der Waals surface area (Å²) in [6.45, 7) is 4.81. The molecule has 3 rings (SSSR count). The van der Waals surface area contributed by atoms with E-state index in [0.29, 0.717) is 13.2 Å². The standard InChI is InChI=1S/C16H21NO4/c1-3-19-15(18)13-9-14(16-20-11(2)21-16)17(13)10-12-7-5-4-6-8-12/h4-8,11,13-14,16H,3,9-10H2,1-2H3/t11?,13-,14+,16?/m1/s1. The molecule has 2 saturated heterocycles. The fourth-order valence-electron chi connectivity index (χ4n) is 2.92. The Hall–Kier alpha value is -1.43. The van der Waals surface area contributed by atoms with Crippen LogP contribution >= 0.6 is 0 Å². The van der Waals surface area contributed by atoms with Gasteiger partial charge in [0.25, 0.3) is 0 Å². The zero-order chi connectivity index (χ0) is 14.8. The topological polar surface area (TPSA) is 48.0 Å². The fraction of sp³-hybridized carbons (Fsp3) is 0.562. The van der Waals surface area contributed by atoms with Gasteiger partial charge < -0.3 is 14.2 Å². The van der Waals surface area contributed by atoms with Crippen LogP contribution in [0.4, 0.5) is 0 Å². The molecule has 0 N–H and O–H groups in total. The number of carbonyl (C=O) groups is 1. The Bertz CT molecular complexity index is 486. The number of carbonyl (C=O) groups excluding carboxylic acids is 1. The minimum absolute atomic E-state index is 0.121. The van der Waals surface area contributed by atoms with E-state index >= 15 is 0 Å². The number of ether oxygens (including phenoxy) is 3. The van der Waals surface area contributed by atoms with Gasteiger partial charge in [-0.1, -0.05) is 30.3 Å². The Balaban J connectivity index is 1.67. The van der Waals surface area contributed by atoms with Gasteiger partial charge >= 0.3 is 5.97 Å². The molecule has 2 aliphatic heterocycles. The van der Waals surface area contributed by atoms with E-state index in [2.05, 4.69) is 17.0 Å². The van der Waals surface area contributed by atoms with E-state index in [1.165, 1.54) is 5.56 Å². The normalized spacial score (nSPS) is 32.1. The summed E-state index contributed by atoms with van der Waals surface area (Å²) in [7, 11) is 0. The van der Waals surface area contributed by atoms with E-state index in [9.17, 15) is 4.79 Å². The van der Waals surface area contributed by atoms with Gasteiger partial charge in [0.2, 0.25) is 0 Å². The Morgan fingerprint density at radius 3 is 2.67 bits per heavy atom. The van der Waals surface area contributed by atoms with Crippen LogP contribution in [0.3, 0.4) is 0 Å². The highest BCUT2D eigenvalue weighted by Crippen LogP contribution is 2.36. The summed E-state index contributed by atoms with van der Waals surface area (Å²) in [5, 5.41) is 0. The zero-order valence-electron chi connectivity index (χ0n) is 12.4. The van der Waals surface area contributed by atoms with Crippen LogP contribution < -0.4 is 0 Å². The Morgan fingerprint density at radius 1 is 1.33 bits per heavy atom. The highest BCUT2D eigenvalue weighted by atomic mass is 16.9. The third kappa shape index (κ3) is 2.95. The second-order valence-electron chi connectivity index (χ2n) is 5.44. The van der Waals surface area contributed by atoms with Gasteiger partial charge in [0.05, 0.1) is 12.6 Å². The van der Waals surface area contributed by atoms with Crippen molar-refractivity contribution in [3.05, 3.63) is 35.9 Å². The minimum Gasteiger partial charge on any atom is -0.465 e. The van der Waals surface area contributed by atoms with E-state index in [1.54, 1.807) is 0 Å². The average Bonchev–Trinajstić information content (AvgIpc) is 2.43. The molecule has 0 bridgehead atoms. The number of esters is 1. The van der Waals surface area contributed by atoms with Crippen molar-refractivity contribution in [1.82, 2.24) is 4.90 Å². The monoisotopic (exact) mass is 291 g/mol. The van der Waals surface area contributed by atoms with Gasteiger partial charge in [0, 0.05) is 6.54 Å². The van der Waals surface area contributed by atoms with Crippen LogP contribution in [0, 0.1) is 0 Å². The number of rotatable bonds is 5. The average molecular weight is 291 g/mol. The molecule has 2 fully saturated rings. The van der Waals surface area contributed by atoms with E-state index < -0.39 is 0 Å². The van der Waals surface area contributed by atoms with Gasteiger partial charge in [-0.15, -0.1) is 0 Å². The molecule has 21 heavy (non-hydrogen) atoms. The molecule has 5 heteroatoms. The molecule has 0 aliphatic carbocycles. The molecular formula is C16H21NO4. The molecule has 0 aromatic heterocycles. The van der Waals surface area contributed by atoms with Crippen LogP contribution in [-0.2, 0) is 25.5 Å². The maximum Gasteiger partial charge on any atom is 0.323 e. The van der Waals surface area contributed by atoms with Crippen LogP contribution in [0.25, 0.3) is 0 Å². The molecule has 2 atom stereocenters. The summed E-state index contributed by atoms with van der Waals surface area (Å²) in [6.07, 6.45) is 0.355. The molecule has 5 nitrogen and oxygen atoms in total. The van der Waals surface area contributed by atoms with E-state index in [4.69, 9.17) is 14.2 Å². The summed E-state index contributed by atoms with van der Waals surface area (Å²) < 4.78 is 16.3. The van der Waals surface area contributed by atoms with E-state index in [1.807, 2.05) is 32.0 Å². The van der Waals surface area contributed by atoms with Crippen LogP contribution in [0.2, 0.25) is 0 Å². The highest BCUT2D eigenvalue weighted by molar-refractivity contribution is 5.77. The SMILES string of the molecule is CCOC(=O)[C@H]1C[C@@H](C2OC(C)O2)N1Cc1ccccc1. The van der Waals surface area contributed by atoms with Gasteiger partial charge in [0.15, 0.2) is 12.6 Å². The van der Waals surface area contributed by atoms with Crippen LogP contribution in [0.5, 0.6) is 0 Å². The molecular weight excluding hydrogens is 270 g/mol. The molecule has 2 aliphatic rings. The lowest BCUT2D eigenvalue weighted by Gasteiger charge is -2.53. The van der Waals surface area contributed by atoms with Crippen LogP contribution in [0.1, 0.15) is 25.8 Å². The summed E-state index contributed by atoms with van der Waals surface area (Å²) in [4.78, 5) is 14.1. The predicted molar refractivity (Wildman–Crippen MR) is 76.2 cm³/mol. The van der Waals surface area contributed by atoms with E-state index in [0.717, 1.165) is 6.42 Å². The smallest absolute Gasteiger partial charge is 0.323 e. The lowest BCUT2D eigenvalue weighted by molar-refractivity contribution is -0.401. The maximum atomic E-state index is 12.0. The number of nitrogens with zero attached hydrogens (tertiary/aromatic N) is 1. The Kier molecular flexibility index (Phi) is 4.24. The quantitative estimate of drug-likeness (QED) is 0.776. The molecule has 0 unspecified atom stereocenters. The van der Waals surface area contributed by atoms with Gasteiger partial charge in [-0.3, -0.25) is 9.69 Å². The molecule has 0 amide bonds. The van der Waals surface area contributed by atoms with Gasteiger partial charge in [-0.25, -0.2) is 0 Å². The fourth-order valence-corrected chi connectivity index (χ4v) is 2.92. The third-order valence-electron chi connectivity index (χ3n) is 4.02. The van der Waals surface area contributed by atoms with Crippen molar-refractivity contribution in [1.29, 1.82) is 0 Å². The first-order valence-electron chi connectivity index (χ1n) is 7.46. The molecule has 0 radical (unpaired) electrons. The Morgan fingerprint density at radius 2 is 2.05 bits per heavy atom. The molecule has 1 aromatic rings. The van der Waals surface area contributed by atoms with Gasteiger partial charge in [0.1, 0.15) is 6.04 Å². The predicted octanol–water partition coefficient (Wildman–Crippen LogP) is 1.91. The number of likely N-dealkylation sites (tertiary alicyclic amines) is 1.